The van der Waals surface area contributed by atoms with Crippen LogP contribution in [0.3, 0.4) is 0 Å². The quantitative estimate of drug-likeness (QED) is 0.826. The van der Waals surface area contributed by atoms with Crippen molar-refractivity contribution in [3.05, 3.63) is 65.0 Å². The fourth-order valence-corrected chi connectivity index (χ4v) is 3.04. The second-order valence-electron chi connectivity index (χ2n) is 7.72. The lowest BCUT2D eigenvalue weighted by Crippen LogP contribution is -2.20. The molecule has 0 saturated heterocycles. The molecule has 1 unspecified atom stereocenters. The van der Waals surface area contributed by atoms with Crippen molar-refractivity contribution >= 4 is 17.4 Å². The summed E-state index contributed by atoms with van der Waals surface area (Å²) in [4.78, 5) is 11.1. The lowest BCUT2D eigenvalue weighted by molar-refractivity contribution is 0.0697. The maximum atomic E-state index is 14.1. The van der Waals surface area contributed by atoms with Gasteiger partial charge in [0.05, 0.1) is 17.3 Å². The Bertz CT molecular complexity index is 867. The molecule has 0 saturated carbocycles. The molecule has 4 nitrogen and oxygen atoms in total. The van der Waals surface area contributed by atoms with Gasteiger partial charge < -0.3 is 5.11 Å². The molecule has 5 heteroatoms. The fourth-order valence-electron chi connectivity index (χ4n) is 3.04. The van der Waals surface area contributed by atoms with Gasteiger partial charge in [-0.25, -0.2) is 9.18 Å². The molecular formula is C21H23FN2O2. The van der Waals surface area contributed by atoms with Gasteiger partial charge in [-0.15, -0.1) is 0 Å². The van der Waals surface area contributed by atoms with E-state index >= 15 is 0 Å². The number of hydrazone groups is 1. The molecule has 0 bridgehead atoms. The summed E-state index contributed by atoms with van der Waals surface area (Å²) in [6, 6.07) is 11.8. The average Bonchev–Trinajstić information content (AvgIpc) is 3.03. The second-order valence-corrected chi connectivity index (χ2v) is 7.72. The highest BCUT2D eigenvalue weighted by molar-refractivity contribution is 5.93. The van der Waals surface area contributed by atoms with E-state index in [1.165, 1.54) is 0 Å². The number of carboxylic acids is 1. The van der Waals surface area contributed by atoms with Gasteiger partial charge in [-0.1, -0.05) is 32.9 Å². The Morgan fingerprint density at radius 2 is 1.85 bits per heavy atom. The van der Waals surface area contributed by atoms with E-state index < -0.39 is 5.97 Å². The van der Waals surface area contributed by atoms with E-state index in [1.807, 2.05) is 11.1 Å². The van der Waals surface area contributed by atoms with Gasteiger partial charge in [-0.2, -0.15) is 5.10 Å². The van der Waals surface area contributed by atoms with Crippen molar-refractivity contribution in [2.45, 2.75) is 40.2 Å². The molecule has 26 heavy (non-hydrogen) atoms. The summed E-state index contributed by atoms with van der Waals surface area (Å²) >= 11 is 0. The topological polar surface area (TPSA) is 52.9 Å². The summed E-state index contributed by atoms with van der Waals surface area (Å²) < 4.78 is 14.1. The Morgan fingerprint density at radius 3 is 2.38 bits per heavy atom. The van der Waals surface area contributed by atoms with Crippen molar-refractivity contribution in [2.24, 2.45) is 10.5 Å². The van der Waals surface area contributed by atoms with E-state index in [-0.39, 0.29) is 22.8 Å². The molecule has 1 atom stereocenters. The van der Waals surface area contributed by atoms with E-state index in [0.717, 1.165) is 17.0 Å². The first-order valence-corrected chi connectivity index (χ1v) is 8.63. The maximum Gasteiger partial charge on any atom is 0.335 e. The van der Waals surface area contributed by atoms with Crippen molar-refractivity contribution < 1.29 is 14.3 Å². The normalized spacial score (nSPS) is 17.3. The SMILES string of the molecule is Cc1ccc(C2CC(C(C)(C)C)=NN2c2ccc(C(=O)O)cc2)cc1F. The van der Waals surface area contributed by atoms with Crippen LogP contribution in [0, 0.1) is 18.2 Å². The van der Waals surface area contributed by atoms with E-state index in [1.54, 1.807) is 43.3 Å². The Morgan fingerprint density at radius 1 is 1.19 bits per heavy atom. The van der Waals surface area contributed by atoms with Crippen LogP contribution < -0.4 is 5.01 Å². The van der Waals surface area contributed by atoms with Gasteiger partial charge in [-0.3, -0.25) is 5.01 Å². The highest BCUT2D eigenvalue weighted by Gasteiger charge is 2.34. The number of benzene rings is 2. The summed E-state index contributed by atoms with van der Waals surface area (Å²) in [6.07, 6.45) is 0.701. The molecule has 1 aliphatic heterocycles. The first-order valence-electron chi connectivity index (χ1n) is 8.63. The molecule has 0 aliphatic carbocycles. The number of halogens is 1. The molecule has 0 radical (unpaired) electrons. The Labute approximate surface area is 153 Å². The Kier molecular flexibility index (Phi) is 4.57. The molecule has 2 aromatic carbocycles. The summed E-state index contributed by atoms with van der Waals surface area (Å²) in [5, 5.41) is 15.8. The summed E-state index contributed by atoms with van der Waals surface area (Å²) in [5.41, 5.74) is 3.42. The van der Waals surface area contributed by atoms with E-state index in [2.05, 4.69) is 20.8 Å². The Balaban J connectivity index is 2.02. The van der Waals surface area contributed by atoms with Gasteiger partial charge >= 0.3 is 5.97 Å². The summed E-state index contributed by atoms with van der Waals surface area (Å²) in [6.45, 7) is 8.06. The van der Waals surface area contributed by atoms with Crippen LogP contribution in [-0.4, -0.2) is 16.8 Å². The van der Waals surface area contributed by atoms with Crippen LogP contribution in [0.5, 0.6) is 0 Å². The minimum Gasteiger partial charge on any atom is -0.478 e. The maximum absolute atomic E-state index is 14.1. The molecule has 0 amide bonds. The highest BCUT2D eigenvalue weighted by Crippen LogP contribution is 2.39. The minimum absolute atomic E-state index is 0.1000. The third-order valence-corrected chi connectivity index (χ3v) is 4.74. The summed E-state index contributed by atoms with van der Waals surface area (Å²) in [7, 11) is 0. The van der Waals surface area contributed by atoms with Crippen LogP contribution >= 0.6 is 0 Å². The van der Waals surface area contributed by atoms with Gasteiger partial charge in [0, 0.05) is 17.5 Å². The van der Waals surface area contributed by atoms with Crippen LogP contribution in [0.1, 0.15) is 54.7 Å². The van der Waals surface area contributed by atoms with Crippen LogP contribution in [0.15, 0.2) is 47.6 Å². The lowest BCUT2D eigenvalue weighted by Gasteiger charge is -2.24. The second kappa shape index (κ2) is 6.56. The van der Waals surface area contributed by atoms with E-state index in [0.29, 0.717) is 12.0 Å². The predicted octanol–water partition coefficient (Wildman–Crippen LogP) is 5.19. The number of hydrogen-bond donors (Lipinski definition) is 1. The molecule has 136 valence electrons. The standard InChI is InChI=1S/C21H23FN2O2/c1-13-5-6-15(11-17(13)22)18-12-19(21(2,3)4)23-24(18)16-9-7-14(8-10-16)20(25)26/h5-11,18H,12H2,1-4H3,(H,25,26). The number of anilines is 1. The molecule has 3 rings (SSSR count). The summed E-state index contributed by atoms with van der Waals surface area (Å²) in [5.74, 6) is -1.19. The number of carboxylic acid groups (broad SMARTS) is 1. The van der Waals surface area contributed by atoms with Crippen molar-refractivity contribution in [2.75, 3.05) is 5.01 Å². The first-order chi connectivity index (χ1) is 12.2. The average molecular weight is 354 g/mol. The van der Waals surface area contributed by atoms with Gasteiger partial charge in [0.25, 0.3) is 0 Å². The number of rotatable bonds is 3. The fraction of sp³-hybridized carbons (Fsp3) is 0.333. The van der Waals surface area contributed by atoms with Crippen molar-refractivity contribution in [1.82, 2.24) is 0 Å². The smallest absolute Gasteiger partial charge is 0.335 e. The van der Waals surface area contributed by atoms with E-state index in [9.17, 15) is 9.18 Å². The van der Waals surface area contributed by atoms with Crippen molar-refractivity contribution in [3.8, 4) is 0 Å². The lowest BCUT2D eigenvalue weighted by atomic mass is 9.85. The van der Waals surface area contributed by atoms with Gasteiger partial charge in [0.2, 0.25) is 0 Å². The van der Waals surface area contributed by atoms with Crippen LogP contribution in [-0.2, 0) is 0 Å². The number of hydrogen-bond acceptors (Lipinski definition) is 3. The van der Waals surface area contributed by atoms with Crippen molar-refractivity contribution in [1.29, 1.82) is 0 Å². The third-order valence-electron chi connectivity index (χ3n) is 4.74. The molecule has 2 aromatic rings. The molecule has 0 aromatic heterocycles. The zero-order chi connectivity index (χ0) is 19.1. The zero-order valence-electron chi connectivity index (χ0n) is 15.5. The minimum atomic E-state index is -0.964. The molecule has 1 N–H and O–H groups in total. The van der Waals surface area contributed by atoms with Gasteiger partial charge in [-0.05, 0) is 48.4 Å². The third kappa shape index (κ3) is 3.47. The van der Waals surface area contributed by atoms with Crippen LogP contribution in [0.25, 0.3) is 0 Å². The van der Waals surface area contributed by atoms with E-state index in [4.69, 9.17) is 10.2 Å². The molecular weight excluding hydrogens is 331 g/mol. The van der Waals surface area contributed by atoms with Crippen LogP contribution in [0.2, 0.25) is 0 Å². The predicted molar refractivity (Wildman–Crippen MR) is 101 cm³/mol. The molecule has 0 spiro atoms. The van der Waals surface area contributed by atoms with Gasteiger partial charge in [0.1, 0.15) is 5.82 Å². The van der Waals surface area contributed by atoms with Crippen molar-refractivity contribution in [3.63, 3.8) is 0 Å². The number of aryl methyl sites for hydroxylation is 1. The highest BCUT2D eigenvalue weighted by atomic mass is 19.1. The largest absolute Gasteiger partial charge is 0.478 e. The number of nitrogens with zero attached hydrogens (tertiary/aromatic N) is 2. The zero-order valence-corrected chi connectivity index (χ0v) is 15.5. The Hall–Kier alpha value is -2.69. The van der Waals surface area contributed by atoms with Crippen LogP contribution in [0.4, 0.5) is 10.1 Å². The number of aromatic carboxylic acids is 1. The molecule has 1 heterocycles. The monoisotopic (exact) mass is 354 g/mol. The first kappa shape index (κ1) is 18.1. The van der Waals surface area contributed by atoms with Gasteiger partial charge in [0.15, 0.2) is 0 Å². The molecule has 1 aliphatic rings. The molecule has 0 fully saturated rings. The number of carbonyl (C=O) groups is 1.